The lowest BCUT2D eigenvalue weighted by atomic mass is 9.83. The van der Waals surface area contributed by atoms with E-state index in [-0.39, 0.29) is 22.7 Å². The van der Waals surface area contributed by atoms with Crippen molar-refractivity contribution in [3.8, 4) is 0 Å². The molecule has 1 amide bonds. The lowest BCUT2D eigenvalue weighted by Gasteiger charge is -2.30. The normalized spacial score (nSPS) is 17.8. The zero-order valence-corrected chi connectivity index (χ0v) is 12.4. The summed E-state index contributed by atoms with van der Waals surface area (Å²) in [6.07, 6.45) is 7.90. The smallest absolute Gasteiger partial charge is 0.254 e. The molecule has 1 N–H and O–H groups in total. The number of carbonyl (C=O) groups is 1. The first kappa shape index (κ1) is 15.2. The topological polar surface area (TPSA) is 42.0 Å². The molecule has 0 spiro atoms. The van der Waals surface area contributed by atoms with Gasteiger partial charge >= 0.3 is 0 Å². The predicted molar refractivity (Wildman–Crippen MR) is 77.3 cm³/mol. The Kier molecular flexibility index (Phi) is 5.35. The van der Waals surface area contributed by atoms with Gasteiger partial charge in [-0.05, 0) is 31.2 Å². The predicted octanol–water partition coefficient (Wildman–Crippen LogP) is 3.96. The Morgan fingerprint density at radius 2 is 2.20 bits per heavy atom. The van der Waals surface area contributed by atoms with Crippen molar-refractivity contribution in [2.24, 2.45) is 5.92 Å². The third kappa shape index (κ3) is 3.69. The molecule has 1 aliphatic rings. The Hall–Kier alpha value is -1.16. The summed E-state index contributed by atoms with van der Waals surface area (Å²) >= 11 is 5.86. The van der Waals surface area contributed by atoms with Gasteiger partial charge in [0.2, 0.25) is 0 Å². The zero-order valence-electron chi connectivity index (χ0n) is 11.7. The van der Waals surface area contributed by atoms with E-state index >= 15 is 0 Å². The van der Waals surface area contributed by atoms with E-state index in [2.05, 4.69) is 17.2 Å². The molecule has 1 heterocycles. The number of halogens is 2. The summed E-state index contributed by atoms with van der Waals surface area (Å²) in [5.74, 6) is -0.373. The number of aromatic nitrogens is 1. The minimum absolute atomic E-state index is 0.0439. The molecular formula is C15H20ClFN2O. The average Bonchev–Trinajstić information content (AvgIpc) is 2.48. The molecule has 1 fully saturated rings. The molecule has 1 saturated carbocycles. The molecule has 0 aromatic carbocycles. The quantitative estimate of drug-likeness (QED) is 0.855. The van der Waals surface area contributed by atoms with Crippen LogP contribution in [0.2, 0.25) is 5.15 Å². The number of nitrogens with one attached hydrogen (secondary N) is 1. The SMILES string of the molecule is CCC(NC(=O)c1cc(F)cnc1Cl)C1CCCCC1. The van der Waals surface area contributed by atoms with E-state index in [1.165, 1.54) is 19.3 Å². The van der Waals surface area contributed by atoms with E-state index in [0.717, 1.165) is 31.5 Å². The largest absolute Gasteiger partial charge is 0.349 e. The minimum atomic E-state index is -0.551. The van der Waals surface area contributed by atoms with Crippen LogP contribution in [0.5, 0.6) is 0 Å². The Morgan fingerprint density at radius 1 is 1.50 bits per heavy atom. The van der Waals surface area contributed by atoms with Crippen LogP contribution in [0, 0.1) is 11.7 Å². The van der Waals surface area contributed by atoms with E-state index in [1.807, 2.05) is 0 Å². The van der Waals surface area contributed by atoms with Gasteiger partial charge in [0.1, 0.15) is 11.0 Å². The molecule has 1 aromatic heterocycles. The Balaban J connectivity index is 2.06. The number of carbonyl (C=O) groups excluding carboxylic acids is 1. The molecule has 1 unspecified atom stereocenters. The Labute approximate surface area is 123 Å². The summed E-state index contributed by atoms with van der Waals surface area (Å²) in [4.78, 5) is 15.9. The molecule has 1 atom stereocenters. The zero-order chi connectivity index (χ0) is 14.5. The van der Waals surface area contributed by atoms with Crippen LogP contribution in [0.4, 0.5) is 4.39 Å². The van der Waals surface area contributed by atoms with Crippen LogP contribution in [-0.2, 0) is 0 Å². The molecule has 2 rings (SSSR count). The van der Waals surface area contributed by atoms with E-state index in [4.69, 9.17) is 11.6 Å². The van der Waals surface area contributed by atoms with Crippen LogP contribution in [0.3, 0.4) is 0 Å². The molecule has 0 saturated heterocycles. The fourth-order valence-electron chi connectivity index (χ4n) is 2.92. The number of amides is 1. The van der Waals surface area contributed by atoms with Crippen molar-refractivity contribution in [3.05, 3.63) is 28.8 Å². The van der Waals surface area contributed by atoms with Crippen molar-refractivity contribution in [2.75, 3.05) is 0 Å². The Morgan fingerprint density at radius 3 is 2.85 bits per heavy atom. The number of hydrogen-bond donors (Lipinski definition) is 1. The van der Waals surface area contributed by atoms with Gasteiger partial charge in [-0.1, -0.05) is 37.8 Å². The van der Waals surface area contributed by atoms with Gasteiger partial charge in [-0.2, -0.15) is 0 Å². The second-order valence-corrected chi connectivity index (χ2v) is 5.74. The van der Waals surface area contributed by atoms with E-state index in [0.29, 0.717) is 5.92 Å². The fourth-order valence-corrected chi connectivity index (χ4v) is 3.11. The van der Waals surface area contributed by atoms with Crippen LogP contribution in [0.25, 0.3) is 0 Å². The average molecular weight is 299 g/mol. The van der Waals surface area contributed by atoms with Crippen molar-refractivity contribution >= 4 is 17.5 Å². The lowest BCUT2D eigenvalue weighted by molar-refractivity contribution is 0.0910. The summed E-state index contributed by atoms with van der Waals surface area (Å²) in [5.41, 5.74) is 0.112. The second-order valence-electron chi connectivity index (χ2n) is 5.38. The second kappa shape index (κ2) is 7.02. The monoisotopic (exact) mass is 298 g/mol. The highest BCUT2D eigenvalue weighted by atomic mass is 35.5. The highest BCUT2D eigenvalue weighted by Crippen LogP contribution is 2.28. The lowest BCUT2D eigenvalue weighted by Crippen LogP contribution is -2.40. The number of nitrogens with zero attached hydrogens (tertiary/aromatic N) is 1. The van der Waals surface area contributed by atoms with Crippen molar-refractivity contribution in [1.82, 2.24) is 10.3 Å². The van der Waals surface area contributed by atoms with Gasteiger partial charge in [0.15, 0.2) is 0 Å². The molecular weight excluding hydrogens is 279 g/mol. The number of pyridine rings is 1. The van der Waals surface area contributed by atoms with Gasteiger partial charge < -0.3 is 5.32 Å². The summed E-state index contributed by atoms with van der Waals surface area (Å²) in [5, 5.41) is 3.03. The fraction of sp³-hybridized carbons (Fsp3) is 0.600. The van der Waals surface area contributed by atoms with Gasteiger partial charge in [0.25, 0.3) is 5.91 Å². The van der Waals surface area contributed by atoms with Crippen LogP contribution >= 0.6 is 11.6 Å². The minimum Gasteiger partial charge on any atom is -0.349 e. The first-order valence-electron chi connectivity index (χ1n) is 7.23. The van der Waals surface area contributed by atoms with Crippen LogP contribution in [0.15, 0.2) is 12.3 Å². The van der Waals surface area contributed by atoms with Gasteiger partial charge in [-0.15, -0.1) is 0 Å². The molecule has 20 heavy (non-hydrogen) atoms. The van der Waals surface area contributed by atoms with Gasteiger partial charge in [-0.25, -0.2) is 9.37 Å². The van der Waals surface area contributed by atoms with Crippen molar-refractivity contribution in [2.45, 2.75) is 51.5 Å². The van der Waals surface area contributed by atoms with Gasteiger partial charge in [0.05, 0.1) is 11.8 Å². The molecule has 1 aliphatic carbocycles. The number of rotatable bonds is 4. The summed E-state index contributed by atoms with van der Waals surface area (Å²) in [6.45, 7) is 2.06. The molecule has 0 radical (unpaired) electrons. The van der Waals surface area contributed by atoms with Crippen LogP contribution in [0.1, 0.15) is 55.8 Å². The third-order valence-corrected chi connectivity index (χ3v) is 4.33. The standard InChI is InChI=1S/C15H20ClFN2O/c1-2-13(10-6-4-3-5-7-10)19-15(20)12-8-11(17)9-18-14(12)16/h8-10,13H,2-7H2,1H3,(H,19,20). The molecule has 1 aromatic rings. The van der Waals surface area contributed by atoms with Crippen molar-refractivity contribution in [1.29, 1.82) is 0 Å². The van der Waals surface area contributed by atoms with Gasteiger partial charge in [-0.3, -0.25) is 4.79 Å². The van der Waals surface area contributed by atoms with Crippen molar-refractivity contribution < 1.29 is 9.18 Å². The van der Waals surface area contributed by atoms with Crippen LogP contribution < -0.4 is 5.32 Å². The van der Waals surface area contributed by atoms with Crippen molar-refractivity contribution in [3.63, 3.8) is 0 Å². The maximum absolute atomic E-state index is 13.2. The molecule has 0 aliphatic heterocycles. The summed E-state index contributed by atoms with van der Waals surface area (Å²) in [7, 11) is 0. The van der Waals surface area contributed by atoms with E-state index in [9.17, 15) is 9.18 Å². The van der Waals surface area contributed by atoms with E-state index in [1.54, 1.807) is 0 Å². The molecule has 0 bridgehead atoms. The first-order chi connectivity index (χ1) is 9.61. The maximum atomic E-state index is 13.2. The molecule has 110 valence electrons. The molecule has 5 heteroatoms. The highest BCUT2D eigenvalue weighted by Gasteiger charge is 2.25. The maximum Gasteiger partial charge on any atom is 0.254 e. The molecule has 3 nitrogen and oxygen atoms in total. The Bertz CT molecular complexity index is 475. The summed E-state index contributed by atoms with van der Waals surface area (Å²) in [6, 6.07) is 1.26. The van der Waals surface area contributed by atoms with Crippen LogP contribution in [-0.4, -0.2) is 16.9 Å². The van der Waals surface area contributed by atoms with Gasteiger partial charge in [0, 0.05) is 6.04 Å². The van der Waals surface area contributed by atoms with E-state index < -0.39 is 5.82 Å². The highest BCUT2D eigenvalue weighted by molar-refractivity contribution is 6.32. The number of hydrogen-bond acceptors (Lipinski definition) is 2. The summed E-state index contributed by atoms with van der Waals surface area (Å²) < 4.78 is 13.2. The first-order valence-corrected chi connectivity index (χ1v) is 7.61. The third-order valence-electron chi connectivity index (χ3n) is 4.03.